The minimum absolute atomic E-state index is 0.304. The van der Waals surface area contributed by atoms with Crippen LogP contribution in [0.25, 0.3) is 17.0 Å². The highest BCUT2D eigenvalue weighted by Crippen LogP contribution is 2.21. The van der Waals surface area contributed by atoms with Crippen molar-refractivity contribution in [2.45, 2.75) is 0 Å². The molecule has 0 spiro atoms. The lowest BCUT2D eigenvalue weighted by atomic mass is 10.3. The van der Waals surface area contributed by atoms with Gasteiger partial charge >= 0.3 is 0 Å². The molecular weight excluding hydrogens is 295 g/mol. The monoisotopic (exact) mass is 306 g/mol. The van der Waals surface area contributed by atoms with Gasteiger partial charge in [-0.1, -0.05) is 12.1 Å². The summed E-state index contributed by atoms with van der Waals surface area (Å²) < 4.78 is 15.4. The van der Waals surface area contributed by atoms with E-state index >= 15 is 0 Å². The van der Waals surface area contributed by atoms with Gasteiger partial charge in [-0.15, -0.1) is 0 Å². The highest BCUT2D eigenvalue weighted by atomic mass is 19.1. The van der Waals surface area contributed by atoms with Crippen LogP contribution < -0.4 is 5.32 Å². The third-order valence-corrected chi connectivity index (χ3v) is 3.32. The average molecular weight is 306 g/mol. The number of aromatic nitrogens is 5. The fraction of sp³-hybridized carbons (Fsp3) is 0. The smallest absolute Gasteiger partial charge is 0.227 e. The lowest BCUT2D eigenvalue weighted by Gasteiger charge is -2.07. The van der Waals surface area contributed by atoms with Gasteiger partial charge < -0.3 is 5.32 Å². The number of para-hydroxylation sites is 1. The summed E-state index contributed by atoms with van der Waals surface area (Å²) in [5.74, 6) is -0.0588. The van der Waals surface area contributed by atoms with Gasteiger partial charge in [0.1, 0.15) is 11.5 Å². The standard InChI is InChI=1S/C16H11FN6/c17-11-4-1-2-5-12(11)21-16-18-9-7-13(22-16)14-10-19-15-6-3-8-20-23(14)15/h1-10H,(H,18,21,22). The molecule has 4 rings (SSSR count). The zero-order valence-electron chi connectivity index (χ0n) is 11.9. The molecule has 0 atom stereocenters. The molecule has 0 bridgehead atoms. The van der Waals surface area contributed by atoms with E-state index in [9.17, 15) is 4.39 Å². The number of fused-ring (bicyclic) bond motifs is 1. The number of hydrogen-bond acceptors (Lipinski definition) is 5. The molecule has 6 nitrogen and oxygen atoms in total. The van der Waals surface area contributed by atoms with Gasteiger partial charge in [0.15, 0.2) is 5.65 Å². The van der Waals surface area contributed by atoms with Crippen molar-refractivity contribution in [1.82, 2.24) is 24.6 Å². The second kappa shape index (κ2) is 5.45. The zero-order chi connectivity index (χ0) is 15.6. The van der Waals surface area contributed by atoms with Gasteiger partial charge in [0.05, 0.1) is 17.6 Å². The van der Waals surface area contributed by atoms with E-state index in [1.807, 2.05) is 12.1 Å². The molecular formula is C16H11FN6. The summed E-state index contributed by atoms with van der Waals surface area (Å²) in [6, 6.07) is 11.8. The fourth-order valence-corrected chi connectivity index (χ4v) is 2.25. The molecule has 0 aliphatic rings. The highest BCUT2D eigenvalue weighted by molar-refractivity contribution is 5.61. The van der Waals surface area contributed by atoms with E-state index in [2.05, 4.69) is 25.4 Å². The van der Waals surface area contributed by atoms with Gasteiger partial charge in [-0.3, -0.25) is 0 Å². The summed E-state index contributed by atoms with van der Waals surface area (Å²) in [5, 5.41) is 7.13. The normalized spacial score (nSPS) is 10.8. The number of hydrogen-bond donors (Lipinski definition) is 1. The van der Waals surface area contributed by atoms with Crippen LogP contribution in [-0.2, 0) is 0 Å². The lowest BCUT2D eigenvalue weighted by molar-refractivity contribution is 0.631. The van der Waals surface area contributed by atoms with Gasteiger partial charge in [0.2, 0.25) is 5.95 Å². The van der Waals surface area contributed by atoms with Crippen LogP contribution in [0.1, 0.15) is 0 Å². The van der Waals surface area contributed by atoms with Crippen LogP contribution in [0.3, 0.4) is 0 Å². The zero-order valence-corrected chi connectivity index (χ0v) is 11.9. The Balaban J connectivity index is 1.73. The molecule has 1 aromatic carbocycles. The van der Waals surface area contributed by atoms with Gasteiger partial charge in [-0.2, -0.15) is 5.10 Å². The first-order chi connectivity index (χ1) is 11.3. The summed E-state index contributed by atoms with van der Waals surface area (Å²) >= 11 is 0. The first-order valence-corrected chi connectivity index (χ1v) is 6.95. The van der Waals surface area contributed by atoms with E-state index in [1.165, 1.54) is 6.07 Å². The van der Waals surface area contributed by atoms with E-state index in [-0.39, 0.29) is 5.82 Å². The number of rotatable bonds is 3. The second-order valence-electron chi connectivity index (χ2n) is 4.81. The van der Waals surface area contributed by atoms with Crippen LogP contribution in [0.4, 0.5) is 16.0 Å². The summed E-state index contributed by atoms with van der Waals surface area (Å²) in [5.41, 5.74) is 2.43. The highest BCUT2D eigenvalue weighted by Gasteiger charge is 2.10. The van der Waals surface area contributed by atoms with E-state index < -0.39 is 0 Å². The Morgan fingerprint density at radius 3 is 2.78 bits per heavy atom. The van der Waals surface area contributed by atoms with Crippen LogP contribution >= 0.6 is 0 Å². The van der Waals surface area contributed by atoms with E-state index in [4.69, 9.17) is 0 Å². The molecule has 0 unspecified atom stereocenters. The van der Waals surface area contributed by atoms with Crippen molar-refractivity contribution in [3.63, 3.8) is 0 Å². The quantitative estimate of drug-likeness (QED) is 0.630. The number of anilines is 2. The van der Waals surface area contributed by atoms with Gasteiger partial charge in [0.25, 0.3) is 0 Å². The Hall–Kier alpha value is -3.35. The van der Waals surface area contributed by atoms with Crippen molar-refractivity contribution in [2.75, 3.05) is 5.32 Å². The predicted molar refractivity (Wildman–Crippen MR) is 83.7 cm³/mol. The third-order valence-electron chi connectivity index (χ3n) is 3.32. The van der Waals surface area contributed by atoms with Crippen LogP contribution in [-0.4, -0.2) is 24.6 Å². The molecule has 3 aromatic heterocycles. The number of nitrogens with zero attached hydrogens (tertiary/aromatic N) is 5. The van der Waals surface area contributed by atoms with Crippen LogP contribution in [0.5, 0.6) is 0 Å². The van der Waals surface area contributed by atoms with Crippen molar-refractivity contribution in [3.05, 3.63) is 66.9 Å². The molecule has 1 N–H and O–H groups in total. The van der Waals surface area contributed by atoms with Crippen molar-refractivity contribution >= 4 is 17.3 Å². The molecule has 4 aromatic rings. The summed E-state index contributed by atoms with van der Waals surface area (Å²) in [4.78, 5) is 12.8. The first kappa shape index (κ1) is 13.3. The van der Waals surface area contributed by atoms with Crippen molar-refractivity contribution in [1.29, 1.82) is 0 Å². The molecule has 0 aliphatic heterocycles. The number of benzene rings is 1. The molecule has 0 fully saturated rings. The first-order valence-electron chi connectivity index (χ1n) is 6.95. The van der Waals surface area contributed by atoms with Gasteiger partial charge in [-0.05, 0) is 30.3 Å². The fourth-order valence-electron chi connectivity index (χ4n) is 2.25. The Labute approximate surface area is 130 Å². The number of nitrogens with one attached hydrogen (secondary N) is 1. The third kappa shape index (κ3) is 2.48. The molecule has 3 heterocycles. The Morgan fingerprint density at radius 1 is 0.957 bits per heavy atom. The number of halogens is 1. The van der Waals surface area contributed by atoms with Gasteiger partial charge in [0, 0.05) is 12.4 Å². The minimum Gasteiger partial charge on any atom is -0.322 e. The maximum atomic E-state index is 13.7. The van der Waals surface area contributed by atoms with Crippen LogP contribution in [0, 0.1) is 5.82 Å². The van der Waals surface area contributed by atoms with Crippen molar-refractivity contribution in [3.8, 4) is 11.4 Å². The average Bonchev–Trinajstić information content (AvgIpc) is 3.01. The molecule has 23 heavy (non-hydrogen) atoms. The Bertz CT molecular complexity index is 981. The Morgan fingerprint density at radius 2 is 1.87 bits per heavy atom. The lowest BCUT2D eigenvalue weighted by Crippen LogP contribution is -2.01. The van der Waals surface area contributed by atoms with Crippen LogP contribution in [0.2, 0.25) is 0 Å². The molecule has 0 aliphatic carbocycles. The predicted octanol–water partition coefficient (Wildman–Crippen LogP) is 3.07. The topological polar surface area (TPSA) is 68.0 Å². The van der Waals surface area contributed by atoms with E-state index in [0.29, 0.717) is 17.3 Å². The Kier molecular flexibility index (Phi) is 3.16. The van der Waals surface area contributed by atoms with Crippen molar-refractivity contribution < 1.29 is 4.39 Å². The maximum Gasteiger partial charge on any atom is 0.227 e. The SMILES string of the molecule is Fc1ccccc1Nc1nccc(-c2cnc3cccnn23)n1. The van der Waals surface area contributed by atoms with E-state index in [1.54, 1.807) is 47.4 Å². The maximum absolute atomic E-state index is 13.7. The molecule has 0 radical (unpaired) electrons. The molecule has 0 amide bonds. The molecule has 0 saturated carbocycles. The summed E-state index contributed by atoms with van der Waals surface area (Å²) in [6.07, 6.45) is 4.98. The molecule has 7 heteroatoms. The largest absolute Gasteiger partial charge is 0.322 e. The summed E-state index contributed by atoms with van der Waals surface area (Å²) in [7, 11) is 0. The summed E-state index contributed by atoms with van der Waals surface area (Å²) in [6.45, 7) is 0. The van der Waals surface area contributed by atoms with Gasteiger partial charge in [-0.25, -0.2) is 23.9 Å². The molecule has 0 saturated heterocycles. The minimum atomic E-state index is -0.363. The van der Waals surface area contributed by atoms with E-state index in [0.717, 1.165) is 11.3 Å². The molecule has 112 valence electrons. The van der Waals surface area contributed by atoms with Crippen LogP contribution in [0.15, 0.2) is 61.1 Å². The number of imidazole rings is 1. The second-order valence-corrected chi connectivity index (χ2v) is 4.81. The van der Waals surface area contributed by atoms with Crippen molar-refractivity contribution in [2.24, 2.45) is 0 Å².